The lowest BCUT2D eigenvalue weighted by molar-refractivity contribution is -0.116. The summed E-state index contributed by atoms with van der Waals surface area (Å²) in [6.45, 7) is 3.53. The Kier molecular flexibility index (Phi) is 7.27. The van der Waals surface area contributed by atoms with Crippen LogP contribution >= 0.6 is 0 Å². The lowest BCUT2D eigenvalue weighted by atomic mass is 9.92. The van der Waals surface area contributed by atoms with Crippen molar-refractivity contribution in [2.45, 2.75) is 45.1 Å². The van der Waals surface area contributed by atoms with Gasteiger partial charge in [-0.05, 0) is 43.7 Å². The molecule has 0 bridgehead atoms. The van der Waals surface area contributed by atoms with E-state index in [-0.39, 0.29) is 18.0 Å². The third-order valence-electron chi connectivity index (χ3n) is 5.57. The van der Waals surface area contributed by atoms with Crippen molar-refractivity contribution < 1.29 is 9.59 Å². The summed E-state index contributed by atoms with van der Waals surface area (Å²) in [4.78, 5) is 26.7. The zero-order valence-corrected chi connectivity index (χ0v) is 17.3. The van der Waals surface area contributed by atoms with E-state index in [2.05, 4.69) is 22.7 Å². The van der Waals surface area contributed by atoms with E-state index in [0.717, 1.165) is 50.0 Å². The number of nitrogens with zero attached hydrogens (tertiary/aromatic N) is 3. The molecule has 7 nitrogen and oxygen atoms in total. The smallest absolute Gasteiger partial charge is 0.317 e. The van der Waals surface area contributed by atoms with Gasteiger partial charge in [-0.1, -0.05) is 25.1 Å². The third kappa shape index (κ3) is 6.07. The molecule has 1 aliphatic rings. The maximum Gasteiger partial charge on any atom is 0.317 e. The van der Waals surface area contributed by atoms with Crippen LogP contribution in [0.4, 0.5) is 10.5 Å². The summed E-state index contributed by atoms with van der Waals surface area (Å²) in [6, 6.07) is 9.51. The van der Waals surface area contributed by atoms with Gasteiger partial charge in [0.25, 0.3) is 0 Å². The summed E-state index contributed by atoms with van der Waals surface area (Å²) in [5.41, 5.74) is 1.87. The van der Waals surface area contributed by atoms with Crippen LogP contribution in [0.5, 0.6) is 0 Å². The summed E-state index contributed by atoms with van der Waals surface area (Å²) < 4.78 is 1.75. The lowest BCUT2D eigenvalue weighted by Crippen LogP contribution is -2.45. The highest BCUT2D eigenvalue weighted by atomic mass is 16.2. The highest BCUT2D eigenvalue weighted by Crippen LogP contribution is 2.23. The number of benzene rings is 1. The predicted molar refractivity (Wildman–Crippen MR) is 113 cm³/mol. The largest absolute Gasteiger partial charge is 0.331 e. The zero-order valence-electron chi connectivity index (χ0n) is 17.3. The van der Waals surface area contributed by atoms with Crippen molar-refractivity contribution in [1.82, 2.24) is 20.0 Å². The van der Waals surface area contributed by atoms with Crippen LogP contribution in [0.3, 0.4) is 0 Å². The van der Waals surface area contributed by atoms with Crippen LogP contribution in [0.25, 0.3) is 0 Å². The van der Waals surface area contributed by atoms with Crippen molar-refractivity contribution in [2.75, 3.05) is 18.4 Å². The number of rotatable bonds is 7. The molecule has 1 unspecified atom stereocenters. The second kappa shape index (κ2) is 10.1. The van der Waals surface area contributed by atoms with Gasteiger partial charge in [0, 0.05) is 44.0 Å². The van der Waals surface area contributed by atoms with Gasteiger partial charge in [0.05, 0.1) is 12.2 Å². The summed E-state index contributed by atoms with van der Waals surface area (Å²) in [6.07, 6.45) is 7.84. The molecule has 1 fully saturated rings. The monoisotopic (exact) mass is 397 g/mol. The molecule has 7 heteroatoms. The molecule has 0 spiro atoms. The molecule has 1 aromatic carbocycles. The second-order valence-corrected chi connectivity index (χ2v) is 7.74. The van der Waals surface area contributed by atoms with Crippen LogP contribution in [0.2, 0.25) is 0 Å². The van der Waals surface area contributed by atoms with Crippen molar-refractivity contribution in [3.63, 3.8) is 0 Å². The summed E-state index contributed by atoms with van der Waals surface area (Å²) in [7, 11) is 1.88. The SMILES string of the molecule is CCC(NC(=O)N1CCC(CCC(=O)Nc2ccccc2)CC1)c1cnn(C)c1. The first-order chi connectivity index (χ1) is 14.0. The third-order valence-corrected chi connectivity index (χ3v) is 5.57. The number of likely N-dealkylation sites (tertiary alicyclic amines) is 1. The molecule has 1 aromatic heterocycles. The van der Waals surface area contributed by atoms with Crippen molar-refractivity contribution in [3.05, 3.63) is 48.3 Å². The Bertz CT molecular complexity index is 797. The second-order valence-electron chi connectivity index (χ2n) is 7.74. The van der Waals surface area contributed by atoms with Crippen LogP contribution in [0, 0.1) is 5.92 Å². The summed E-state index contributed by atoms with van der Waals surface area (Å²) in [5.74, 6) is 0.541. The zero-order chi connectivity index (χ0) is 20.6. The molecule has 1 saturated heterocycles. The quantitative estimate of drug-likeness (QED) is 0.747. The van der Waals surface area contributed by atoms with Crippen molar-refractivity contribution >= 4 is 17.6 Å². The first kappa shape index (κ1) is 20.9. The average molecular weight is 398 g/mol. The number of hydrogen-bond donors (Lipinski definition) is 2. The first-order valence-corrected chi connectivity index (χ1v) is 10.4. The highest BCUT2D eigenvalue weighted by Gasteiger charge is 2.25. The maximum absolute atomic E-state index is 12.6. The molecule has 1 aliphatic heterocycles. The topological polar surface area (TPSA) is 79.3 Å². The van der Waals surface area contributed by atoms with E-state index in [1.54, 1.807) is 10.9 Å². The minimum atomic E-state index is -0.0180. The van der Waals surface area contributed by atoms with E-state index in [9.17, 15) is 9.59 Å². The molecular formula is C22H31N5O2. The number of piperidine rings is 1. The Morgan fingerprint density at radius 2 is 1.93 bits per heavy atom. The molecule has 0 saturated carbocycles. The average Bonchev–Trinajstić information content (AvgIpc) is 3.17. The standard InChI is InChI=1S/C22H31N5O2/c1-3-20(18-15-23-26(2)16-18)25-22(29)27-13-11-17(12-14-27)9-10-21(28)24-19-7-5-4-6-8-19/h4-8,15-17,20H,3,9-14H2,1-2H3,(H,24,28)(H,25,29). The van der Waals surface area contributed by atoms with Crippen molar-refractivity contribution in [3.8, 4) is 0 Å². The number of hydrogen-bond acceptors (Lipinski definition) is 3. The first-order valence-electron chi connectivity index (χ1n) is 10.4. The molecule has 2 heterocycles. The van der Waals surface area contributed by atoms with Gasteiger partial charge in [-0.2, -0.15) is 5.10 Å². The van der Waals surface area contributed by atoms with E-state index in [1.807, 2.05) is 48.5 Å². The van der Waals surface area contributed by atoms with Crippen LogP contribution < -0.4 is 10.6 Å². The fourth-order valence-corrected chi connectivity index (χ4v) is 3.79. The number of carbonyl (C=O) groups excluding carboxylic acids is 2. The number of aryl methyl sites for hydroxylation is 1. The Labute approximate surface area is 172 Å². The number of amides is 3. The van der Waals surface area contributed by atoms with Crippen LogP contribution in [-0.2, 0) is 11.8 Å². The number of aromatic nitrogens is 2. The number of para-hydroxylation sites is 1. The maximum atomic E-state index is 12.6. The summed E-state index contributed by atoms with van der Waals surface area (Å²) in [5, 5.41) is 10.3. The highest BCUT2D eigenvalue weighted by molar-refractivity contribution is 5.90. The lowest BCUT2D eigenvalue weighted by Gasteiger charge is -2.33. The molecule has 29 heavy (non-hydrogen) atoms. The van der Waals surface area contributed by atoms with Gasteiger partial charge < -0.3 is 15.5 Å². The fourth-order valence-electron chi connectivity index (χ4n) is 3.79. The van der Waals surface area contributed by atoms with E-state index >= 15 is 0 Å². The van der Waals surface area contributed by atoms with Gasteiger partial charge >= 0.3 is 6.03 Å². The molecule has 3 amide bonds. The predicted octanol–water partition coefficient (Wildman–Crippen LogP) is 3.71. The Hall–Kier alpha value is -2.83. The van der Waals surface area contributed by atoms with Gasteiger partial charge in [-0.3, -0.25) is 9.48 Å². The number of anilines is 1. The minimum Gasteiger partial charge on any atom is -0.331 e. The van der Waals surface area contributed by atoms with Gasteiger partial charge in [0.1, 0.15) is 0 Å². The molecule has 156 valence electrons. The van der Waals surface area contributed by atoms with Gasteiger partial charge in [0.15, 0.2) is 0 Å². The number of urea groups is 1. The van der Waals surface area contributed by atoms with E-state index in [1.165, 1.54) is 0 Å². The Morgan fingerprint density at radius 3 is 2.55 bits per heavy atom. The van der Waals surface area contributed by atoms with Gasteiger partial charge in [-0.15, -0.1) is 0 Å². The van der Waals surface area contributed by atoms with E-state index < -0.39 is 0 Å². The van der Waals surface area contributed by atoms with Gasteiger partial charge in [0.2, 0.25) is 5.91 Å². The summed E-state index contributed by atoms with van der Waals surface area (Å²) >= 11 is 0. The van der Waals surface area contributed by atoms with E-state index in [4.69, 9.17) is 0 Å². The molecule has 0 aliphatic carbocycles. The molecular weight excluding hydrogens is 366 g/mol. The normalized spacial score (nSPS) is 15.7. The van der Waals surface area contributed by atoms with Crippen LogP contribution in [0.1, 0.15) is 50.6 Å². The molecule has 3 rings (SSSR count). The fraction of sp³-hybridized carbons (Fsp3) is 0.500. The van der Waals surface area contributed by atoms with E-state index in [0.29, 0.717) is 12.3 Å². The Balaban J connectivity index is 1.39. The van der Waals surface area contributed by atoms with Crippen molar-refractivity contribution in [1.29, 1.82) is 0 Å². The molecule has 0 radical (unpaired) electrons. The minimum absolute atomic E-state index is 0.0130. The van der Waals surface area contributed by atoms with Crippen molar-refractivity contribution in [2.24, 2.45) is 13.0 Å². The number of carbonyl (C=O) groups is 2. The number of nitrogens with one attached hydrogen (secondary N) is 2. The van der Waals surface area contributed by atoms with Gasteiger partial charge in [-0.25, -0.2) is 4.79 Å². The Morgan fingerprint density at radius 1 is 1.21 bits per heavy atom. The van der Waals surface area contributed by atoms with Crippen LogP contribution in [0.15, 0.2) is 42.7 Å². The van der Waals surface area contributed by atoms with Crippen LogP contribution in [-0.4, -0.2) is 39.7 Å². The molecule has 1 atom stereocenters. The molecule has 2 N–H and O–H groups in total. The molecule has 2 aromatic rings.